The fourth-order valence-electron chi connectivity index (χ4n) is 1.85. The van der Waals surface area contributed by atoms with E-state index in [9.17, 15) is 9.59 Å². The lowest BCUT2D eigenvalue weighted by atomic mass is 10.2. The van der Waals surface area contributed by atoms with Gasteiger partial charge in [-0.1, -0.05) is 0 Å². The minimum Gasteiger partial charge on any atom is -0.365 e. The van der Waals surface area contributed by atoms with Crippen LogP contribution in [0.5, 0.6) is 0 Å². The third-order valence-electron chi connectivity index (χ3n) is 2.88. The number of hydrogen-bond donors (Lipinski definition) is 3. The number of nitrogens with zero attached hydrogens (tertiary/aromatic N) is 3. The Hall–Kier alpha value is -2.64. The molecule has 0 radical (unpaired) electrons. The van der Waals surface area contributed by atoms with Gasteiger partial charge in [0.05, 0.1) is 17.5 Å². The molecule has 100 valence electrons. The van der Waals surface area contributed by atoms with E-state index in [-0.39, 0.29) is 17.3 Å². The zero-order chi connectivity index (χ0) is 14.2. The number of H-pyrrole nitrogens is 1. The molecule has 0 saturated heterocycles. The van der Waals surface area contributed by atoms with Crippen molar-refractivity contribution in [3.63, 3.8) is 0 Å². The van der Waals surface area contributed by atoms with Gasteiger partial charge in [0.25, 0.3) is 11.8 Å². The Morgan fingerprint density at radius 2 is 2.11 bits per heavy atom. The van der Waals surface area contributed by atoms with E-state index in [2.05, 4.69) is 20.6 Å². The summed E-state index contributed by atoms with van der Waals surface area (Å²) in [4.78, 5) is 23.3. The summed E-state index contributed by atoms with van der Waals surface area (Å²) in [6, 6.07) is 0. The molecule has 0 bridgehead atoms. The first kappa shape index (κ1) is 12.8. The van der Waals surface area contributed by atoms with Crippen LogP contribution < -0.4 is 11.1 Å². The van der Waals surface area contributed by atoms with E-state index in [1.54, 1.807) is 25.6 Å². The number of hydrogen-bond acceptors (Lipinski definition) is 4. The number of nitrogens with two attached hydrogens (primary N) is 1. The zero-order valence-corrected chi connectivity index (χ0v) is 10.8. The van der Waals surface area contributed by atoms with E-state index in [0.29, 0.717) is 11.3 Å². The van der Waals surface area contributed by atoms with Gasteiger partial charge in [0.15, 0.2) is 0 Å². The summed E-state index contributed by atoms with van der Waals surface area (Å²) in [5.41, 5.74) is 7.11. The number of primary amides is 1. The second-order valence-corrected chi connectivity index (χ2v) is 4.15. The van der Waals surface area contributed by atoms with Crippen LogP contribution in [0.4, 0.5) is 5.82 Å². The summed E-state index contributed by atoms with van der Waals surface area (Å²) in [6.07, 6.45) is 1.26. The lowest BCUT2D eigenvalue weighted by Crippen LogP contribution is -2.18. The van der Waals surface area contributed by atoms with Crippen LogP contribution in [0.3, 0.4) is 0 Å². The highest BCUT2D eigenvalue weighted by Gasteiger charge is 2.20. The van der Waals surface area contributed by atoms with E-state index in [1.165, 1.54) is 6.20 Å². The van der Waals surface area contributed by atoms with Crippen molar-refractivity contribution in [3.8, 4) is 0 Å². The Bertz CT molecular complexity index is 654. The number of aryl methyl sites for hydroxylation is 2. The summed E-state index contributed by atoms with van der Waals surface area (Å²) in [5, 5.41) is 12.9. The Balaban J connectivity index is 2.31. The average Bonchev–Trinajstić information content (AvgIpc) is 2.85. The average molecular weight is 262 g/mol. The molecule has 0 saturated carbocycles. The normalized spacial score (nSPS) is 10.5. The fraction of sp³-hybridized carbons (Fsp3) is 0.273. The van der Waals surface area contributed by atoms with E-state index in [0.717, 1.165) is 5.69 Å². The van der Waals surface area contributed by atoms with Crippen LogP contribution in [0.15, 0.2) is 6.20 Å². The molecule has 0 aliphatic heterocycles. The summed E-state index contributed by atoms with van der Waals surface area (Å²) in [5.74, 6) is -0.848. The van der Waals surface area contributed by atoms with Gasteiger partial charge in [0.2, 0.25) is 0 Å². The molecule has 2 heterocycles. The first-order chi connectivity index (χ1) is 8.91. The van der Waals surface area contributed by atoms with Crippen molar-refractivity contribution in [1.82, 2.24) is 20.0 Å². The van der Waals surface area contributed by atoms with Gasteiger partial charge in [0.1, 0.15) is 11.4 Å². The summed E-state index contributed by atoms with van der Waals surface area (Å²) >= 11 is 0. The number of anilines is 1. The SMILES string of the molecule is Cc1nn(C)c(C)c1C(=O)Nc1[nH]ncc1C(N)=O. The molecule has 0 spiro atoms. The lowest BCUT2D eigenvalue weighted by molar-refractivity contribution is 0.100. The van der Waals surface area contributed by atoms with Gasteiger partial charge in [-0.05, 0) is 13.8 Å². The Kier molecular flexibility index (Phi) is 3.07. The number of aromatic amines is 1. The van der Waals surface area contributed by atoms with Crippen LogP contribution in [0.2, 0.25) is 0 Å². The van der Waals surface area contributed by atoms with Gasteiger partial charge in [-0.3, -0.25) is 19.4 Å². The van der Waals surface area contributed by atoms with E-state index in [1.807, 2.05) is 0 Å². The second-order valence-electron chi connectivity index (χ2n) is 4.15. The molecule has 0 fully saturated rings. The van der Waals surface area contributed by atoms with Crippen LogP contribution in [0.25, 0.3) is 0 Å². The molecule has 0 unspecified atom stereocenters. The zero-order valence-electron chi connectivity index (χ0n) is 10.8. The Morgan fingerprint density at radius 1 is 1.42 bits per heavy atom. The van der Waals surface area contributed by atoms with Gasteiger partial charge in [-0.15, -0.1) is 0 Å². The second kappa shape index (κ2) is 4.56. The molecule has 2 aromatic rings. The van der Waals surface area contributed by atoms with Gasteiger partial charge >= 0.3 is 0 Å². The van der Waals surface area contributed by atoms with Crippen molar-refractivity contribution >= 4 is 17.6 Å². The number of carbonyl (C=O) groups is 2. The maximum absolute atomic E-state index is 12.2. The molecular formula is C11H14N6O2. The Morgan fingerprint density at radius 3 is 2.63 bits per heavy atom. The maximum Gasteiger partial charge on any atom is 0.260 e. The van der Waals surface area contributed by atoms with E-state index in [4.69, 9.17) is 5.73 Å². The molecule has 8 heteroatoms. The highest BCUT2D eigenvalue weighted by atomic mass is 16.2. The summed E-state index contributed by atoms with van der Waals surface area (Å²) < 4.78 is 1.62. The maximum atomic E-state index is 12.2. The van der Waals surface area contributed by atoms with Crippen molar-refractivity contribution in [2.24, 2.45) is 12.8 Å². The largest absolute Gasteiger partial charge is 0.365 e. The minimum atomic E-state index is -0.663. The monoisotopic (exact) mass is 262 g/mol. The van der Waals surface area contributed by atoms with Crippen molar-refractivity contribution in [2.75, 3.05) is 5.32 Å². The van der Waals surface area contributed by atoms with E-state index < -0.39 is 5.91 Å². The smallest absolute Gasteiger partial charge is 0.260 e. The highest BCUT2D eigenvalue weighted by Crippen LogP contribution is 2.16. The molecule has 0 aliphatic carbocycles. The number of rotatable bonds is 3. The molecule has 0 atom stereocenters. The third kappa shape index (κ3) is 2.19. The molecule has 2 amide bonds. The molecule has 0 aromatic carbocycles. The fourth-order valence-corrected chi connectivity index (χ4v) is 1.85. The van der Waals surface area contributed by atoms with Crippen LogP contribution >= 0.6 is 0 Å². The van der Waals surface area contributed by atoms with Crippen molar-refractivity contribution in [3.05, 3.63) is 28.7 Å². The van der Waals surface area contributed by atoms with Gasteiger partial charge in [0, 0.05) is 12.7 Å². The number of amides is 2. The molecule has 19 heavy (non-hydrogen) atoms. The third-order valence-corrected chi connectivity index (χ3v) is 2.88. The molecular weight excluding hydrogens is 248 g/mol. The standard InChI is InChI=1S/C11H14N6O2/c1-5-8(6(2)17(3)16-5)11(19)14-10-7(9(12)18)4-13-15-10/h4H,1-3H3,(H2,12,18)(H2,13,14,15,19). The van der Waals surface area contributed by atoms with Crippen LogP contribution in [0, 0.1) is 13.8 Å². The minimum absolute atomic E-state index is 0.132. The van der Waals surface area contributed by atoms with Crippen molar-refractivity contribution < 1.29 is 9.59 Å². The predicted octanol–water partition coefficient (Wildman–Crippen LogP) is 0.111. The Labute approximate surface area is 109 Å². The van der Waals surface area contributed by atoms with Crippen molar-refractivity contribution in [1.29, 1.82) is 0 Å². The highest BCUT2D eigenvalue weighted by molar-refractivity contribution is 6.08. The molecule has 8 nitrogen and oxygen atoms in total. The van der Waals surface area contributed by atoms with Gasteiger partial charge in [-0.2, -0.15) is 10.2 Å². The lowest BCUT2D eigenvalue weighted by Gasteiger charge is -2.04. The first-order valence-corrected chi connectivity index (χ1v) is 5.56. The summed E-state index contributed by atoms with van der Waals surface area (Å²) in [7, 11) is 1.75. The molecule has 4 N–H and O–H groups in total. The number of aromatic nitrogens is 4. The van der Waals surface area contributed by atoms with Crippen LogP contribution in [-0.2, 0) is 7.05 Å². The molecule has 2 aromatic heterocycles. The quantitative estimate of drug-likeness (QED) is 0.727. The van der Waals surface area contributed by atoms with Crippen molar-refractivity contribution in [2.45, 2.75) is 13.8 Å². The van der Waals surface area contributed by atoms with Crippen LogP contribution in [0.1, 0.15) is 32.1 Å². The molecule has 0 aliphatic rings. The van der Waals surface area contributed by atoms with Gasteiger partial charge in [-0.25, -0.2) is 0 Å². The van der Waals surface area contributed by atoms with E-state index >= 15 is 0 Å². The molecule has 2 rings (SSSR count). The summed E-state index contributed by atoms with van der Waals surface area (Å²) in [6.45, 7) is 3.53. The van der Waals surface area contributed by atoms with Gasteiger partial charge < -0.3 is 11.1 Å². The number of nitrogens with one attached hydrogen (secondary N) is 2. The first-order valence-electron chi connectivity index (χ1n) is 5.56. The topological polar surface area (TPSA) is 119 Å². The number of carbonyl (C=O) groups excluding carboxylic acids is 2. The van der Waals surface area contributed by atoms with Crippen LogP contribution in [-0.4, -0.2) is 31.8 Å². The predicted molar refractivity (Wildman–Crippen MR) is 67.7 cm³/mol.